The zero-order chi connectivity index (χ0) is 12.3. The molecule has 1 unspecified atom stereocenters. The molecule has 0 spiro atoms. The van der Waals surface area contributed by atoms with Crippen molar-refractivity contribution in [3.63, 3.8) is 0 Å². The van der Waals surface area contributed by atoms with E-state index in [4.69, 9.17) is 15.6 Å². The number of amides is 1. The molecule has 0 aliphatic carbocycles. The first kappa shape index (κ1) is 12.9. The van der Waals surface area contributed by atoms with E-state index in [1.807, 2.05) is 13.8 Å². The second-order valence-corrected chi connectivity index (χ2v) is 4.39. The normalized spacial score (nSPS) is 25.1. The van der Waals surface area contributed by atoms with E-state index < -0.39 is 11.5 Å². The number of rotatable bonds is 4. The molecule has 0 saturated carbocycles. The minimum atomic E-state index is -1.30. The quantitative estimate of drug-likeness (QED) is 0.674. The number of likely N-dealkylation sites (tertiary alicyclic amines) is 1. The number of nitrogens with two attached hydrogens (primary N) is 1. The number of hydrogen-bond donors (Lipinski definition) is 2. The van der Waals surface area contributed by atoms with Crippen molar-refractivity contribution in [3.8, 4) is 0 Å². The van der Waals surface area contributed by atoms with Crippen LogP contribution in [0.1, 0.15) is 20.3 Å². The van der Waals surface area contributed by atoms with Gasteiger partial charge in [-0.15, -0.1) is 0 Å². The summed E-state index contributed by atoms with van der Waals surface area (Å²) in [7, 11) is 0. The highest BCUT2D eigenvalue weighted by Gasteiger charge is 2.42. The number of carbonyl (C=O) groups excluding carboxylic acids is 1. The summed E-state index contributed by atoms with van der Waals surface area (Å²) in [6, 6.07) is 0. The molecule has 0 aromatic carbocycles. The molecule has 1 heterocycles. The number of carbonyl (C=O) groups is 2. The van der Waals surface area contributed by atoms with Crippen molar-refractivity contribution in [2.75, 3.05) is 19.7 Å². The van der Waals surface area contributed by atoms with Gasteiger partial charge in [0, 0.05) is 13.1 Å². The second kappa shape index (κ2) is 4.80. The zero-order valence-corrected chi connectivity index (χ0v) is 9.60. The van der Waals surface area contributed by atoms with Crippen LogP contribution in [-0.4, -0.2) is 53.2 Å². The van der Waals surface area contributed by atoms with Crippen LogP contribution in [0.2, 0.25) is 0 Å². The second-order valence-electron chi connectivity index (χ2n) is 4.39. The summed E-state index contributed by atoms with van der Waals surface area (Å²) in [5.41, 5.74) is 4.35. The third-order valence-electron chi connectivity index (χ3n) is 2.62. The van der Waals surface area contributed by atoms with Gasteiger partial charge in [-0.3, -0.25) is 9.59 Å². The Morgan fingerprint density at radius 3 is 2.62 bits per heavy atom. The maximum absolute atomic E-state index is 11.6. The highest BCUT2D eigenvalue weighted by Crippen LogP contribution is 2.19. The first-order valence-corrected chi connectivity index (χ1v) is 5.27. The third kappa shape index (κ3) is 2.93. The van der Waals surface area contributed by atoms with E-state index in [0.29, 0.717) is 6.54 Å². The molecule has 6 nitrogen and oxygen atoms in total. The standard InChI is InChI=1S/C10H18N2O4/c1-7(2)16-5-8(13)12-4-3-10(11,6-12)9(14)15/h7H,3-6,11H2,1-2H3,(H,14,15). The summed E-state index contributed by atoms with van der Waals surface area (Å²) >= 11 is 0. The molecule has 16 heavy (non-hydrogen) atoms. The number of carboxylic acids is 1. The number of nitrogens with zero attached hydrogens (tertiary/aromatic N) is 1. The highest BCUT2D eigenvalue weighted by atomic mass is 16.5. The molecule has 0 bridgehead atoms. The van der Waals surface area contributed by atoms with Gasteiger partial charge in [0.1, 0.15) is 12.1 Å². The van der Waals surface area contributed by atoms with Crippen molar-refractivity contribution in [2.45, 2.75) is 31.9 Å². The first-order chi connectivity index (χ1) is 7.35. The molecule has 1 fully saturated rings. The number of aliphatic carboxylic acids is 1. The van der Waals surface area contributed by atoms with Gasteiger partial charge in [-0.2, -0.15) is 0 Å². The Balaban J connectivity index is 2.47. The van der Waals surface area contributed by atoms with Gasteiger partial charge in [0.15, 0.2) is 0 Å². The predicted molar refractivity (Wildman–Crippen MR) is 56.8 cm³/mol. The molecule has 1 rings (SSSR count). The topological polar surface area (TPSA) is 92.9 Å². The van der Waals surface area contributed by atoms with Crippen LogP contribution in [0.3, 0.4) is 0 Å². The van der Waals surface area contributed by atoms with Gasteiger partial charge in [-0.25, -0.2) is 0 Å². The van der Waals surface area contributed by atoms with E-state index >= 15 is 0 Å². The van der Waals surface area contributed by atoms with Crippen molar-refractivity contribution >= 4 is 11.9 Å². The molecule has 0 aromatic rings. The fraction of sp³-hybridized carbons (Fsp3) is 0.800. The van der Waals surface area contributed by atoms with Crippen LogP contribution in [0.15, 0.2) is 0 Å². The maximum Gasteiger partial charge on any atom is 0.325 e. The van der Waals surface area contributed by atoms with Crippen molar-refractivity contribution in [2.24, 2.45) is 5.73 Å². The zero-order valence-electron chi connectivity index (χ0n) is 9.60. The van der Waals surface area contributed by atoms with Gasteiger partial charge in [0.05, 0.1) is 6.10 Å². The van der Waals surface area contributed by atoms with Gasteiger partial charge >= 0.3 is 5.97 Å². The van der Waals surface area contributed by atoms with E-state index in [9.17, 15) is 9.59 Å². The van der Waals surface area contributed by atoms with Crippen LogP contribution in [0.4, 0.5) is 0 Å². The van der Waals surface area contributed by atoms with Crippen LogP contribution >= 0.6 is 0 Å². The lowest BCUT2D eigenvalue weighted by molar-refractivity contribution is -0.143. The third-order valence-corrected chi connectivity index (χ3v) is 2.62. The summed E-state index contributed by atoms with van der Waals surface area (Å²) in [6.07, 6.45) is 0.268. The van der Waals surface area contributed by atoms with Crippen LogP contribution in [-0.2, 0) is 14.3 Å². The molecule has 92 valence electrons. The van der Waals surface area contributed by atoms with E-state index in [2.05, 4.69) is 0 Å². The fourth-order valence-corrected chi connectivity index (χ4v) is 1.55. The van der Waals surface area contributed by atoms with Crippen molar-refractivity contribution in [1.82, 2.24) is 4.90 Å². The molecule has 0 radical (unpaired) electrons. The summed E-state index contributed by atoms with van der Waals surface area (Å²) in [5, 5.41) is 8.90. The number of ether oxygens (including phenoxy) is 1. The molecule has 1 saturated heterocycles. The Kier molecular flexibility index (Phi) is 3.88. The van der Waals surface area contributed by atoms with Crippen molar-refractivity contribution in [3.05, 3.63) is 0 Å². The van der Waals surface area contributed by atoms with Crippen LogP contribution in [0, 0.1) is 0 Å². The smallest absolute Gasteiger partial charge is 0.325 e. The molecular formula is C10H18N2O4. The molecule has 1 aliphatic heterocycles. The van der Waals surface area contributed by atoms with Crippen LogP contribution < -0.4 is 5.73 Å². The average molecular weight is 230 g/mol. The lowest BCUT2D eigenvalue weighted by Crippen LogP contribution is -2.51. The minimum Gasteiger partial charge on any atom is -0.480 e. The molecule has 1 amide bonds. The first-order valence-electron chi connectivity index (χ1n) is 5.27. The van der Waals surface area contributed by atoms with Crippen LogP contribution in [0.5, 0.6) is 0 Å². The van der Waals surface area contributed by atoms with Gasteiger partial charge in [-0.1, -0.05) is 0 Å². The minimum absolute atomic E-state index is 0.0198. The van der Waals surface area contributed by atoms with E-state index in [-0.39, 0.29) is 31.6 Å². The molecular weight excluding hydrogens is 212 g/mol. The highest BCUT2D eigenvalue weighted by molar-refractivity contribution is 5.83. The Bertz CT molecular complexity index is 293. The summed E-state index contributed by atoms with van der Waals surface area (Å²) in [4.78, 5) is 23.9. The Labute approximate surface area is 94.3 Å². The van der Waals surface area contributed by atoms with Gasteiger partial charge in [0.2, 0.25) is 5.91 Å². The van der Waals surface area contributed by atoms with E-state index in [1.54, 1.807) is 0 Å². The summed E-state index contributed by atoms with van der Waals surface area (Å²) in [6.45, 7) is 4.09. The van der Waals surface area contributed by atoms with E-state index in [1.165, 1.54) is 4.90 Å². The molecule has 1 atom stereocenters. The van der Waals surface area contributed by atoms with Gasteiger partial charge in [0.25, 0.3) is 0 Å². The monoisotopic (exact) mass is 230 g/mol. The Morgan fingerprint density at radius 2 is 2.19 bits per heavy atom. The lowest BCUT2D eigenvalue weighted by Gasteiger charge is -2.20. The SMILES string of the molecule is CC(C)OCC(=O)N1CCC(N)(C(=O)O)C1. The van der Waals surface area contributed by atoms with Gasteiger partial charge in [-0.05, 0) is 20.3 Å². The lowest BCUT2D eigenvalue weighted by atomic mass is 10.0. The largest absolute Gasteiger partial charge is 0.480 e. The average Bonchev–Trinajstić information content (AvgIpc) is 2.59. The number of hydrogen-bond acceptors (Lipinski definition) is 4. The Morgan fingerprint density at radius 1 is 1.56 bits per heavy atom. The predicted octanol–water partition coefficient (Wildman–Crippen LogP) is -0.574. The number of carboxylic acid groups (broad SMARTS) is 1. The van der Waals surface area contributed by atoms with Crippen molar-refractivity contribution in [1.29, 1.82) is 0 Å². The van der Waals surface area contributed by atoms with E-state index in [0.717, 1.165) is 0 Å². The van der Waals surface area contributed by atoms with Crippen LogP contribution in [0.25, 0.3) is 0 Å². The molecule has 3 N–H and O–H groups in total. The Hall–Kier alpha value is -1.14. The summed E-state index contributed by atoms with van der Waals surface area (Å²) < 4.78 is 5.17. The molecule has 6 heteroatoms. The fourth-order valence-electron chi connectivity index (χ4n) is 1.55. The maximum atomic E-state index is 11.6. The summed E-state index contributed by atoms with van der Waals surface area (Å²) in [5.74, 6) is -1.27. The molecule has 0 aromatic heterocycles. The van der Waals surface area contributed by atoms with Crippen molar-refractivity contribution < 1.29 is 19.4 Å². The van der Waals surface area contributed by atoms with Gasteiger partial charge < -0.3 is 20.5 Å². The molecule has 1 aliphatic rings.